The predicted molar refractivity (Wildman–Crippen MR) is 97.9 cm³/mol. The van der Waals surface area contributed by atoms with E-state index in [-0.39, 0.29) is 53.1 Å². The molecule has 0 heterocycles. The Morgan fingerprint density at radius 2 is 0.600 bits per heavy atom. The van der Waals surface area contributed by atoms with E-state index in [0.29, 0.717) is 0 Å². The third-order valence-corrected chi connectivity index (χ3v) is 4.13. The summed E-state index contributed by atoms with van der Waals surface area (Å²) in [5.74, 6) is 0. The van der Waals surface area contributed by atoms with Crippen LogP contribution in [0.2, 0.25) is 0 Å². The predicted octanol–water partition coefficient (Wildman–Crippen LogP) is 5.73. The number of rotatable bonds is 3. The molecule has 3 atom stereocenters. The summed E-state index contributed by atoms with van der Waals surface area (Å²) in [5.41, 5.74) is 0.109. The van der Waals surface area contributed by atoms with Crippen molar-refractivity contribution in [1.82, 2.24) is 0 Å². The van der Waals surface area contributed by atoms with E-state index in [2.05, 4.69) is 14.7 Å². The molecule has 6 nitrogen and oxygen atoms in total. The molecule has 7 heteroatoms. The molecule has 0 amide bonds. The van der Waals surface area contributed by atoms with Crippen LogP contribution in [-0.4, -0.2) is 34.1 Å². The van der Waals surface area contributed by atoms with Crippen molar-refractivity contribution in [3.63, 3.8) is 0 Å². The first-order valence-corrected chi connectivity index (χ1v) is 8.35. The second-order valence-corrected chi connectivity index (χ2v) is 9.34. The smallest absolute Gasteiger partial charge is 0.0947 e. The van der Waals surface area contributed by atoms with Gasteiger partial charge in [-0.15, -0.1) is 0 Å². The molecule has 0 saturated heterocycles. The molecule has 3 unspecified atom stereocenters. The second kappa shape index (κ2) is 14.4. The Balaban J connectivity index is -0.000000130. The fourth-order valence-electron chi connectivity index (χ4n) is 0.474. The molecule has 1 radical (unpaired) electrons. The molecular weight excluding hydrogens is 363 g/mol. The van der Waals surface area contributed by atoms with Gasteiger partial charge in [0.25, 0.3) is 0 Å². The van der Waals surface area contributed by atoms with Gasteiger partial charge in [-0.25, -0.2) is 14.7 Å². The minimum Gasteiger partial charge on any atom is -0.252 e. The van der Waals surface area contributed by atoms with Gasteiger partial charge in [-0.05, 0) is 37.0 Å². The average Bonchev–Trinajstić information content (AvgIpc) is 2.42. The van der Waals surface area contributed by atoms with Crippen LogP contribution in [0.25, 0.3) is 0 Å². The third-order valence-electron chi connectivity index (χ3n) is 4.13. The summed E-state index contributed by atoms with van der Waals surface area (Å²) in [4.78, 5) is 12.3. The van der Waals surface area contributed by atoms with Gasteiger partial charge in [-0.3, -0.25) is 15.8 Å². The molecule has 0 spiro atoms. The quantitative estimate of drug-likeness (QED) is 0.410. The van der Waals surface area contributed by atoms with Crippen LogP contribution < -0.4 is 0 Å². The van der Waals surface area contributed by atoms with Gasteiger partial charge >= 0.3 is 0 Å². The van der Waals surface area contributed by atoms with Gasteiger partial charge in [0.05, 0.1) is 18.3 Å². The van der Waals surface area contributed by atoms with E-state index in [0.717, 1.165) is 0 Å². The first kappa shape index (κ1) is 33.0. The zero-order valence-corrected chi connectivity index (χ0v) is 19.6. The van der Waals surface area contributed by atoms with E-state index in [1.165, 1.54) is 0 Å². The van der Waals surface area contributed by atoms with Crippen LogP contribution in [0, 0.1) is 16.2 Å². The van der Waals surface area contributed by atoms with Crippen LogP contribution in [0.4, 0.5) is 0 Å². The Kier molecular flexibility index (Phi) is 19.0. The second-order valence-electron chi connectivity index (χ2n) is 9.34. The van der Waals surface area contributed by atoms with Crippen molar-refractivity contribution in [2.45, 2.75) is 101 Å². The molecule has 0 aliphatic rings. The molecule has 0 saturated carbocycles. The van der Waals surface area contributed by atoms with Crippen LogP contribution in [-0.2, 0) is 33.2 Å². The van der Waals surface area contributed by atoms with Gasteiger partial charge in [0, 0.05) is 18.6 Å². The van der Waals surface area contributed by atoms with Crippen molar-refractivity contribution in [3.8, 4) is 0 Å². The average molecular weight is 405 g/mol. The summed E-state index contributed by atoms with van der Waals surface area (Å²) in [6.45, 7) is 23.6. The SMILES string of the molecule is CC(OO)C(C)(C)C.CC(OO)C(C)(C)C.CC(OO)C(C)(C)C.[V]. The summed E-state index contributed by atoms with van der Waals surface area (Å²) in [6, 6.07) is 0. The molecule has 0 rings (SSSR count). The van der Waals surface area contributed by atoms with Gasteiger partial charge < -0.3 is 0 Å². The summed E-state index contributed by atoms with van der Waals surface area (Å²) in [7, 11) is 0. The summed E-state index contributed by atoms with van der Waals surface area (Å²) in [5, 5.41) is 24.5. The molecule has 0 fully saturated rings. The Morgan fingerprint density at radius 1 is 0.480 bits per heavy atom. The van der Waals surface area contributed by atoms with Crippen LogP contribution >= 0.6 is 0 Å². The van der Waals surface area contributed by atoms with Crippen LogP contribution in [0.5, 0.6) is 0 Å². The van der Waals surface area contributed by atoms with E-state index in [1.807, 2.05) is 83.1 Å². The van der Waals surface area contributed by atoms with E-state index >= 15 is 0 Å². The summed E-state index contributed by atoms with van der Waals surface area (Å²) >= 11 is 0. The van der Waals surface area contributed by atoms with Crippen molar-refractivity contribution < 1.29 is 49.0 Å². The third kappa shape index (κ3) is 20.5. The van der Waals surface area contributed by atoms with Crippen molar-refractivity contribution in [3.05, 3.63) is 0 Å². The monoisotopic (exact) mass is 405 g/mol. The molecule has 0 aliphatic carbocycles. The largest absolute Gasteiger partial charge is 0.252 e. The minimum absolute atomic E-state index is 0. The van der Waals surface area contributed by atoms with E-state index in [9.17, 15) is 0 Å². The maximum Gasteiger partial charge on any atom is 0.0947 e. The first-order chi connectivity index (χ1) is 10.4. The zero-order valence-electron chi connectivity index (χ0n) is 18.2. The zero-order chi connectivity index (χ0) is 20.4. The van der Waals surface area contributed by atoms with Crippen molar-refractivity contribution >= 4 is 0 Å². The minimum atomic E-state index is -0.0949. The van der Waals surface area contributed by atoms with E-state index in [4.69, 9.17) is 15.8 Å². The molecule has 3 N–H and O–H groups in total. The molecule has 0 bridgehead atoms. The molecule has 0 aromatic rings. The van der Waals surface area contributed by atoms with Crippen molar-refractivity contribution in [2.75, 3.05) is 0 Å². The maximum atomic E-state index is 8.17. The van der Waals surface area contributed by atoms with Crippen molar-refractivity contribution in [1.29, 1.82) is 0 Å². The summed E-state index contributed by atoms with van der Waals surface area (Å²) < 4.78 is 0. The van der Waals surface area contributed by atoms with Crippen molar-refractivity contribution in [2.24, 2.45) is 16.2 Å². The van der Waals surface area contributed by atoms with Gasteiger partial charge in [0.2, 0.25) is 0 Å². The first-order valence-electron chi connectivity index (χ1n) is 8.35. The van der Waals surface area contributed by atoms with E-state index < -0.39 is 0 Å². The molecular formula is C18H42O6V. The molecule has 0 aliphatic heterocycles. The van der Waals surface area contributed by atoms with Gasteiger partial charge in [0.1, 0.15) is 0 Å². The topological polar surface area (TPSA) is 88.4 Å². The molecule has 155 valence electrons. The molecule has 0 aromatic heterocycles. The Labute approximate surface area is 166 Å². The van der Waals surface area contributed by atoms with Crippen LogP contribution in [0.15, 0.2) is 0 Å². The van der Waals surface area contributed by atoms with Gasteiger partial charge in [0.15, 0.2) is 0 Å². The summed E-state index contributed by atoms with van der Waals surface area (Å²) in [6.07, 6.45) is -0.285. The maximum absolute atomic E-state index is 8.17. The number of hydrogen-bond donors (Lipinski definition) is 3. The normalized spacial score (nSPS) is 15.5. The Morgan fingerprint density at radius 3 is 0.600 bits per heavy atom. The molecule has 0 aromatic carbocycles. The molecule has 25 heavy (non-hydrogen) atoms. The van der Waals surface area contributed by atoms with E-state index in [1.54, 1.807) is 0 Å². The Bertz CT molecular complexity index is 244. The van der Waals surface area contributed by atoms with Gasteiger partial charge in [-0.1, -0.05) is 62.3 Å². The fraction of sp³-hybridized carbons (Fsp3) is 1.00. The Hall–Kier alpha value is 0.344. The van der Waals surface area contributed by atoms with Gasteiger partial charge in [-0.2, -0.15) is 0 Å². The fourth-order valence-corrected chi connectivity index (χ4v) is 0.474. The van der Waals surface area contributed by atoms with Crippen LogP contribution in [0.3, 0.4) is 0 Å². The number of hydrogen-bond acceptors (Lipinski definition) is 6. The van der Waals surface area contributed by atoms with Crippen LogP contribution in [0.1, 0.15) is 83.1 Å². The standard InChI is InChI=1S/3C6H14O2.V/c3*1-5(8-7)6(2,3)4;/h3*5,7H,1-4H3;.